The van der Waals surface area contributed by atoms with Crippen molar-refractivity contribution in [1.29, 1.82) is 0 Å². The van der Waals surface area contributed by atoms with Gasteiger partial charge < -0.3 is 4.74 Å². The highest BCUT2D eigenvalue weighted by molar-refractivity contribution is 7.18. The van der Waals surface area contributed by atoms with Crippen LogP contribution in [0.2, 0.25) is 0 Å². The minimum absolute atomic E-state index is 0.0839. The highest BCUT2D eigenvalue weighted by atomic mass is 32.1. The number of rotatable bonds is 3. The van der Waals surface area contributed by atoms with Gasteiger partial charge in [0.05, 0.1) is 27.2 Å². The van der Waals surface area contributed by atoms with E-state index in [4.69, 9.17) is 4.74 Å². The summed E-state index contributed by atoms with van der Waals surface area (Å²) >= 11 is 1.68. The van der Waals surface area contributed by atoms with Gasteiger partial charge in [-0.2, -0.15) is 0 Å². The third-order valence-electron chi connectivity index (χ3n) is 3.91. The van der Waals surface area contributed by atoms with Gasteiger partial charge in [-0.3, -0.25) is 4.79 Å². The number of carbonyl (C=O) groups excluding carboxylic acids is 1. The van der Waals surface area contributed by atoms with E-state index in [2.05, 4.69) is 11.1 Å². The molecule has 1 aromatic carbocycles. The summed E-state index contributed by atoms with van der Waals surface area (Å²) in [6, 6.07) is 6.13. The van der Waals surface area contributed by atoms with Crippen LogP contribution in [0.3, 0.4) is 0 Å². The van der Waals surface area contributed by atoms with Crippen LogP contribution in [-0.2, 0) is 14.9 Å². The van der Waals surface area contributed by atoms with Crippen LogP contribution in [0.25, 0.3) is 10.2 Å². The second kappa shape index (κ2) is 4.60. The van der Waals surface area contributed by atoms with Crippen molar-refractivity contribution in [1.82, 2.24) is 4.98 Å². The van der Waals surface area contributed by atoms with Crippen molar-refractivity contribution in [2.45, 2.75) is 38.5 Å². The molecule has 0 radical (unpaired) electrons. The topological polar surface area (TPSA) is 39.2 Å². The van der Waals surface area contributed by atoms with Crippen LogP contribution in [0.5, 0.6) is 0 Å². The zero-order chi connectivity index (χ0) is 13.5. The van der Waals surface area contributed by atoms with Crippen LogP contribution >= 0.6 is 11.3 Å². The molecule has 2 aromatic rings. The van der Waals surface area contributed by atoms with Crippen LogP contribution in [0, 0.1) is 6.92 Å². The van der Waals surface area contributed by atoms with Crippen molar-refractivity contribution in [3.8, 4) is 0 Å². The fourth-order valence-corrected chi connectivity index (χ4v) is 3.68. The summed E-state index contributed by atoms with van der Waals surface area (Å²) in [6.45, 7) is 4.30. The second-order valence-electron chi connectivity index (χ2n) is 5.04. The van der Waals surface area contributed by atoms with Crippen molar-refractivity contribution in [2.75, 3.05) is 6.61 Å². The van der Waals surface area contributed by atoms with Crippen molar-refractivity contribution in [2.24, 2.45) is 0 Å². The molecular weight excluding hydrogens is 258 g/mol. The van der Waals surface area contributed by atoms with E-state index in [1.807, 2.05) is 26.0 Å². The van der Waals surface area contributed by atoms with E-state index in [0.717, 1.165) is 40.1 Å². The highest BCUT2D eigenvalue weighted by Crippen LogP contribution is 2.47. The molecule has 0 spiro atoms. The van der Waals surface area contributed by atoms with Gasteiger partial charge in [-0.25, -0.2) is 4.98 Å². The molecule has 100 valence electrons. The number of carbonyl (C=O) groups is 1. The molecule has 1 aliphatic rings. The summed E-state index contributed by atoms with van der Waals surface area (Å²) in [5.74, 6) is -0.0839. The van der Waals surface area contributed by atoms with E-state index in [-0.39, 0.29) is 5.97 Å². The first-order valence-corrected chi connectivity index (χ1v) is 7.53. The molecule has 4 heteroatoms. The third kappa shape index (κ3) is 1.86. The number of hydrogen-bond acceptors (Lipinski definition) is 4. The van der Waals surface area contributed by atoms with Gasteiger partial charge in [0, 0.05) is 0 Å². The van der Waals surface area contributed by atoms with Crippen LogP contribution in [0.4, 0.5) is 0 Å². The van der Waals surface area contributed by atoms with Gasteiger partial charge in [-0.15, -0.1) is 11.3 Å². The Balaban J connectivity index is 2.14. The monoisotopic (exact) mass is 275 g/mol. The molecule has 0 atom stereocenters. The molecule has 3 nitrogen and oxygen atoms in total. The summed E-state index contributed by atoms with van der Waals surface area (Å²) < 4.78 is 6.45. The number of nitrogens with zero attached hydrogens (tertiary/aromatic N) is 1. The summed E-state index contributed by atoms with van der Waals surface area (Å²) in [7, 11) is 0. The number of fused-ring (bicyclic) bond motifs is 1. The number of ether oxygens (including phenoxy) is 1. The Morgan fingerprint density at radius 2 is 2.26 bits per heavy atom. The standard InChI is InChI=1S/C15H17NO2S/c1-3-18-14(17)15(8-5-9-15)11-6-4-7-12-13(11)16-10(2)19-12/h4,6-7H,3,5,8-9H2,1-2H3. The SMILES string of the molecule is CCOC(=O)C1(c2cccc3sc(C)nc23)CCC1. The fraction of sp³-hybridized carbons (Fsp3) is 0.467. The van der Waals surface area contributed by atoms with E-state index in [9.17, 15) is 4.79 Å². The lowest BCUT2D eigenvalue weighted by atomic mass is 9.64. The van der Waals surface area contributed by atoms with Gasteiger partial charge in [0.2, 0.25) is 0 Å². The highest BCUT2D eigenvalue weighted by Gasteiger charge is 2.48. The van der Waals surface area contributed by atoms with E-state index in [1.54, 1.807) is 11.3 Å². The first-order valence-electron chi connectivity index (χ1n) is 6.71. The first-order chi connectivity index (χ1) is 9.17. The molecule has 1 aliphatic carbocycles. The maximum atomic E-state index is 12.4. The van der Waals surface area contributed by atoms with Gasteiger partial charge in [-0.1, -0.05) is 18.6 Å². The van der Waals surface area contributed by atoms with E-state index in [1.165, 1.54) is 0 Å². The van der Waals surface area contributed by atoms with Gasteiger partial charge >= 0.3 is 5.97 Å². The predicted octanol–water partition coefficient (Wildman–Crippen LogP) is 3.59. The van der Waals surface area contributed by atoms with Crippen molar-refractivity contribution < 1.29 is 9.53 Å². The molecule has 1 saturated carbocycles. The van der Waals surface area contributed by atoms with E-state index in [0.29, 0.717) is 6.61 Å². The lowest BCUT2D eigenvalue weighted by Crippen LogP contribution is -2.43. The number of hydrogen-bond donors (Lipinski definition) is 0. The maximum Gasteiger partial charge on any atom is 0.316 e. The summed E-state index contributed by atoms with van der Waals surface area (Å²) in [5.41, 5.74) is 1.59. The Morgan fingerprint density at radius 3 is 2.89 bits per heavy atom. The van der Waals surface area contributed by atoms with Crippen molar-refractivity contribution in [3.63, 3.8) is 0 Å². The number of benzene rings is 1. The van der Waals surface area contributed by atoms with E-state index >= 15 is 0 Å². The minimum Gasteiger partial charge on any atom is -0.465 e. The minimum atomic E-state index is -0.448. The number of aryl methyl sites for hydroxylation is 1. The van der Waals surface area contributed by atoms with E-state index < -0.39 is 5.41 Å². The quantitative estimate of drug-likeness (QED) is 0.804. The van der Waals surface area contributed by atoms with Crippen LogP contribution in [0.15, 0.2) is 18.2 Å². The van der Waals surface area contributed by atoms with Crippen molar-refractivity contribution in [3.05, 3.63) is 28.8 Å². The number of esters is 1. The molecule has 0 saturated heterocycles. The maximum absolute atomic E-state index is 12.4. The van der Waals surface area contributed by atoms with Gasteiger partial charge in [-0.05, 0) is 38.3 Å². The average Bonchev–Trinajstić information content (AvgIpc) is 2.69. The largest absolute Gasteiger partial charge is 0.465 e. The first kappa shape index (κ1) is 12.6. The molecule has 1 aromatic heterocycles. The molecule has 0 N–H and O–H groups in total. The lowest BCUT2D eigenvalue weighted by molar-refractivity contribution is -0.153. The van der Waals surface area contributed by atoms with Crippen LogP contribution < -0.4 is 0 Å². The molecule has 1 fully saturated rings. The zero-order valence-electron chi connectivity index (χ0n) is 11.2. The average molecular weight is 275 g/mol. The molecule has 0 bridgehead atoms. The summed E-state index contributed by atoms with van der Waals surface area (Å²) in [5, 5.41) is 1.04. The van der Waals surface area contributed by atoms with Gasteiger partial charge in [0.15, 0.2) is 0 Å². The predicted molar refractivity (Wildman–Crippen MR) is 76.5 cm³/mol. The number of thiazole rings is 1. The Kier molecular flexibility index (Phi) is 3.05. The fourth-order valence-electron chi connectivity index (χ4n) is 2.83. The normalized spacial score (nSPS) is 17.2. The Morgan fingerprint density at radius 1 is 1.47 bits per heavy atom. The Bertz CT molecular complexity index is 628. The molecule has 1 heterocycles. The summed E-state index contributed by atoms with van der Waals surface area (Å²) in [6.07, 6.45) is 2.83. The number of para-hydroxylation sites is 1. The smallest absolute Gasteiger partial charge is 0.316 e. The third-order valence-corrected chi connectivity index (χ3v) is 4.85. The molecule has 19 heavy (non-hydrogen) atoms. The van der Waals surface area contributed by atoms with Gasteiger partial charge in [0.1, 0.15) is 0 Å². The Labute approximate surface area is 116 Å². The second-order valence-corrected chi connectivity index (χ2v) is 6.28. The number of aromatic nitrogens is 1. The molecule has 3 rings (SSSR count). The molecule has 0 aliphatic heterocycles. The zero-order valence-corrected chi connectivity index (χ0v) is 12.0. The molecular formula is C15H17NO2S. The van der Waals surface area contributed by atoms with Gasteiger partial charge in [0.25, 0.3) is 0 Å². The lowest BCUT2D eigenvalue weighted by Gasteiger charge is -2.39. The summed E-state index contributed by atoms with van der Waals surface area (Å²) in [4.78, 5) is 17.0. The van der Waals surface area contributed by atoms with Crippen molar-refractivity contribution >= 4 is 27.5 Å². The Hall–Kier alpha value is -1.42. The van der Waals surface area contributed by atoms with Crippen LogP contribution in [-0.4, -0.2) is 17.6 Å². The molecule has 0 amide bonds. The van der Waals surface area contributed by atoms with Crippen LogP contribution in [0.1, 0.15) is 36.8 Å². The molecule has 0 unspecified atom stereocenters.